The van der Waals surface area contributed by atoms with Crippen LogP contribution < -0.4 is 10.4 Å². The fraction of sp³-hybridized carbons (Fsp3) is 0.600. The van der Waals surface area contributed by atoms with E-state index in [9.17, 15) is 0 Å². The van der Waals surface area contributed by atoms with Gasteiger partial charge in [-0.15, -0.1) is 0 Å². The minimum atomic E-state index is 0.387. The highest BCUT2D eigenvalue weighted by molar-refractivity contribution is 5.34. The molecule has 1 aromatic heterocycles. The Morgan fingerprint density at radius 2 is 2.47 bits per heavy atom. The van der Waals surface area contributed by atoms with Gasteiger partial charge in [-0.05, 0) is 13.8 Å². The Balaban J connectivity index is 2.09. The van der Waals surface area contributed by atoms with Crippen molar-refractivity contribution in [1.29, 1.82) is 0 Å². The molecular weight excluding hydrogens is 192 g/mol. The third-order valence-electron chi connectivity index (χ3n) is 2.30. The van der Waals surface area contributed by atoms with Crippen LogP contribution in [0, 0.1) is 6.92 Å². The molecule has 0 aliphatic carbocycles. The second-order valence-electron chi connectivity index (χ2n) is 3.72. The molecule has 1 saturated heterocycles. The Kier molecular flexibility index (Phi) is 3.13. The topological polar surface area (TPSA) is 50.3 Å². The van der Waals surface area contributed by atoms with Gasteiger partial charge < -0.3 is 5.32 Å². The number of anilines is 1. The Labute approximate surface area is 89.4 Å². The minimum absolute atomic E-state index is 0.387. The third kappa shape index (κ3) is 2.64. The molecule has 1 aliphatic rings. The number of rotatable bonds is 1. The van der Waals surface area contributed by atoms with Gasteiger partial charge in [-0.3, -0.25) is 4.84 Å². The highest BCUT2D eigenvalue weighted by Crippen LogP contribution is 2.11. The van der Waals surface area contributed by atoms with Crippen molar-refractivity contribution in [3.05, 3.63) is 18.1 Å². The fourth-order valence-electron chi connectivity index (χ4n) is 1.50. The van der Waals surface area contributed by atoms with Crippen molar-refractivity contribution < 1.29 is 4.84 Å². The molecule has 1 aliphatic heterocycles. The van der Waals surface area contributed by atoms with Gasteiger partial charge in [0.05, 0.1) is 13.2 Å². The lowest BCUT2D eigenvalue weighted by atomic mass is 10.4. The summed E-state index contributed by atoms with van der Waals surface area (Å²) in [6, 6.07) is 2.25. The molecule has 1 aromatic rings. The Morgan fingerprint density at radius 3 is 3.27 bits per heavy atom. The van der Waals surface area contributed by atoms with Crippen LogP contribution in [0.1, 0.15) is 12.7 Å². The molecule has 1 N–H and O–H groups in total. The molecule has 0 amide bonds. The van der Waals surface area contributed by atoms with Gasteiger partial charge in [0.2, 0.25) is 0 Å². The molecule has 5 heteroatoms. The Hall–Kier alpha value is -1.20. The van der Waals surface area contributed by atoms with Crippen molar-refractivity contribution in [1.82, 2.24) is 15.3 Å². The molecule has 0 unspecified atom stereocenters. The Bertz CT molecular complexity index is 331. The molecule has 0 bridgehead atoms. The number of hydrogen-bond acceptors (Lipinski definition) is 5. The molecule has 1 atom stereocenters. The lowest BCUT2D eigenvalue weighted by molar-refractivity contribution is 0.109. The second kappa shape index (κ2) is 4.55. The van der Waals surface area contributed by atoms with Gasteiger partial charge in [0.1, 0.15) is 5.82 Å². The summed E-state index contributed by atoms with van der Waals surface area (Å²) in [7, 11) is 0. The quantitative estimate of drug-likeness (QED) is 0.729. The van der Waals surface area contributed by atoms with Gasteiger partial charge >= 0.3 is 0 Å². The normalized spacial score (nSPS) is 22.5. The van der Waals surface area contributed by atoms with Crippen LogP contribution in [-0.4, -0.2) is 35.7 Å². The van der Waals surface area contributed by atoms with E-state index in [4.69, 9.17) is 4.84 Å². The van der Waals surface area contributed by atoms with E-state index in [1.165, 1.54) is 0 Å². The first-order valence-corrected chi connectivity index (χ1v) is 5.19. The number of aromatic nitrogens is 2. The van der Waals surface area contributed by atoms with Crippen LogP contribution in [0.2, 0.25) is 0 Å². The highest BCUT2D eigenvalue weighted by Gasteiger charge is 2.15. The van der Waals surface area contributed by atoms with Crippen molar-refractivity contribution in [2.24, 2.45) is 0 Å². The van der Waals surface area contributed by atoms with E-state index >= 15 is 0 Å². The van der Waals surface area contributed by atoms with Crippen molar-refractivity contribution in [2.45, 2.75) is 19.9 Å². The molecule has 0 aromatic carbocycles. The van der Waals surface area contributed by atoms with Crippen LogP contribution in [0.3, 0.4) is 0 Å². The zero-order chi connectivity index (χ0) is 10.7. The second-order valence-corrected chi connectivity index (χ2v) is 3.72. The third-order valence-corrected chi connectivity index (χ3v) is 2.30. The summed E-state index contributed by atoms with van der Waals surface area (Å²) in [4.78, 5) is 14.0. The van der Waals surface area contributed by atoms with Crippen LogP contribution in [-0.2, 0) is 4.84 Å². The van der Waals surface area contributed by atoms with E-state index in [0.29, 0.717) is 12.6 Å². The van der Waals surface area contributed by atoms with Crippen LogP contribution in [0.25, 0.3) is 0 Å². The van der Waals surface area contributed by atoms with Gasteiger partial charge in [-0.2, -0.15) is 0 Å². The average Bonchev–Trinajstić information content (AvgIpc) is 2.43. The van der Waals surface area contributed by atoms with Gasteiger partial charge in [0.25, 0.3) is 0 Å². The number of hydroxylamine groups is 1. The van der Waals surface area contributed by atoms with Crippen molar-refractivity contribution in [3.8, 4) is 0 Å². The molecule has 82 valence electrons. The molecule has 15 heavy (non-hydrogen) atoms. The number of hydrogen-bond donors (Lipinski definition) is 1. The Morgan fingerprint density at radius 1 is 1.60 bits per heavy atom. The van der Waals surface area contributed by atoms with Crippen LogP contribution in [0.15, 0.2) is 12.3 Å². The first-order chi connectivity index (χ1) is 7.25. The summed E-state index contributed by atoms with van der Waals surface area (Å²) >= 11 is 0. The smallest absolute Gasteiger partial charge is 0.156 e. The lowest BCUT2D eigenvalue weighted by Gasteiger charge is -2.19. The maximum absolute atomic E-state index is 5.64. The lowest BCUT2D eigenvalue weighted by Crippen LogP contribution is -2.29. The molecule has 1 fully saturated rings. The zero-order valence-corrected chi connectivity index (χ0v) is 9.10. The van der Waals surface area contributed by atoms with Crippen molar-refractivity contribution in [2.75, 3.05) is 24.8 Å². The summed E-state index contributed by atoms with van der Waals surface area (Å²) in [5.41, 5.74) is 0. The van der Waals surface area contributed by atoms with E-state index in [0.717, 1.165) is 24.7 Å². The summed E-state index contributed by atoms with van der Waals surface area (Å²) in [5.74, 6) is 1.60. The monoisotopic (exact) mass is 208 g/mol. The molecular formula is C10H16N4O. The SMILES string of the molecule is Cc1nccc(N2CCN[C@H](C)CO2)n1. The zero-order valence-electron chi connectivity index (χ0n) is 9.10. The van der Waals surface area contributed by atoms with E-state index in [2.05, 4.69) is 22.2 Å². The predicted octanol–water partition coefficient (Wildman–Crippen LogP) is 0.515. The molecule has 5 nitrogen and oxygen atoms in total. The van der Waals surface area contributed by atoms with Gasteiger partial charge in [0, 0.05) is 24.8 Å². The standard InChI is InChI=1S/C10H16N4O/c1-8-7-15-14(6-5-11-8)10-3-4-12-9(2)13-10/h3-4,8,11H,5-7H2,1-2H3/t8-/m1/s1. The van der Waals surface area contributed by atoms with Gasteiger partial charge in [-0.1, -0.05) is 0 Å². The van der Waals surface area contributed by atoms with Crippen molar-refractivity contribution in [3.63, 3.8) is 0 Å². The summed E-state index contributed by atoms with van der Waals surface area (Å²) < 4.78 is 0. The number of nitrogens with one attached hydrogen (secondary N) is 1. The predicted molar refractivity (Wildman–Crippen MR) is 57.5 cm³/mol. The number of aryl methyl sites for hydroxylation is 1. The van der Waals surface area contributed by atoms with E-state index < -0.39 is 0 Å². The summed E-state index contributed by atoms with van der Waals surface area (Å²) in [5, 5.41) is 5.17. The average molecular weight is 208 g/mol. The largest absolute Gasteiger partial charge is 0.310 e. The summed E-state index contributed by atoms with van der Waals surface area (Å²) in [6.07, 6.45) is 1.75. The first-order valence-electron chi connectivity index (χ1n) is 5.19. The highest BCUT2D eigenvalue weighted by atomic mass is 16.7. The van der Waals surface area contributed by atoms with Crippen LogP contribution >= 0.6 is 0 Å². The van der Waals surface area contributed by atoms with E-state index in [1.807, 2.05) is 18.1 Å². The van der Waals surface area contributed by atoms with Gasteiger partial charge in [-0.25, -0.2) is 15.0 Å². The van der Waals surface area contributed by atoms with E-state index in [1.54, 1.807) is 6.20 Å². The maximum Gasteiger partial charge on any atom is 0.156 e. The van der Waals surface area contributed by atoms with E-state index in [-0.39, 0.29) is 0 Å². The molecule has 0 radical (unpaired) electrons. The first kappa shape index (κ1) is 10.3. The van der Waals surface area contributed by atoms with Crippen molar-refractivity contribution >= 4 is 5.82 Å². The van der Waals surface area contributed by atoms with Crippen LogP contribution in [0.5, 0.6) is 0 Å². The maximum atomic E-state index is 5.64. The van der Waals surface area contributed by atoms with Crippen LogP contribution in [0.4, 0.5) is 5.82 Å². The van der Waals surface area contributed by atoms with Gasteiger partial charge in [0.15, 0.2) is 5.82 Å². The molecule has 2 heterocycles. The molecule has 2 rings (SSSR count). The molecule has 0 spiro atoms. The molecule has 0 saturated carbocycles. The number of nitrogens with zero attached hydrogens (tertiary/aromatic N) is 3. The summed E-state index contributed by atoms with van der Waals surface area (Å²) in [6.45, 7) is 6.37. The fourth-order valence-corrected chi connectivity index (χ4v) is 1.50. The minimum Gasteiger partial charge on any atom is -0.310 e.